The molecule has 2 heterocycles. The van der Waals surface area contributed by atoms with E-state index in [-0.39, 0.29) is 11.7 Å². The van der Waals surface area contributed by atoms with E-state index in [2.05, 4.69) is 10.4 Å². The second-order valence-electron chi connectivity index (χ2n) is 5.00. The summed E-state index contributed by atoms with van der Waals surface area (Å²) >= 11 is 0. The van der Waals surface area contributed by atoms with Crippen LogP contribution in [0.3, 0.4) is 0 Å². The quantitative estimate of drug-likeness (QED) is 0.837. The first kappa shape index (κ1) is 14.8. The van der Waals surface area contributed by atoms with Crippen molar-refractivity contribution in [1.82, 2.24) is 15.1 Å². The molecule has 0 fully saturated rings. The molecule has 0 saturated heterocycles. The summed E-state index contributed by atoms with van der Waals surface area (Å²) in [6, 6.07) is 4.03. The number of carbonyl (C=O) groups excluding carboxylic acids is 1. The molecule has 0 bridgehead atoms. The van der Waals surface area contributed by atoms with Crippen LogP contribution in [0.15, 0.2) is 35.0 Å². The van der Waals surface area contributed by atoms with Gasteiger partial charge in [0.15, 0.2) is 5.76 Å². The topological polar surface area (TPSA) is 97.4 Å². The van der Waals surface area contributed by atoms with Gasteiger partial charge in [0.05, 0.1) is 6.54 Å². The fourth-order valence-corrected chi connectivity index (χ4v) is 1.86. The van der Waals surface area contributed by atoms with Crippen LogP contribution in [0.4, 0.5) is 0 Å². The molecule has 0 saturated carbocycles. The molecule has 1 atom stereocenters. The number of aliphatic carboxylic acids is 1. The highest BCUT2D eigenvalue weighted by atomic mass is 16.4. The number of nitrogens with zero attached hydrogens (tertiary/aromatic N) is 2. The molecule has 0 spiro atoms. The summed E-state index contributed by atoms with van der Waals surface area (Å²) in [6.45, 7) is 3.86. The number of hydrogen-bond donors (Lipinski definition) is 2. The van der Waals surface area contributed by atoms with Gasteiger partial charge in [-0.15, -0.1) is 0 Å². The molecule has 0 aromatic carbocycles. The lowest BCUT2D eigenvalue weighted by Crippen LogP contribution is -2.44. The Balaban J connectivity index is 2.03. The third-order valence-electron chi connectivity index (χ3n) is 2.98. The normalized spacial score (nSPS) is 12.3. The van der Waals surface area contributed by atoms with Crippen molar-refractivity contribution >= 4 is 11.9 Å². The van der Waals surface area contributed by atoms with Crippen LogP contribution in [0.25, 0.3) is 0 Å². The van der Waals surface area contributed by atoms with Crippen molar-refractivity contribution in [3.63, 3.8) is 0 Å². The van der Waals surface area contributed by atoms with Gasteiger partial charge in [-0.25, -0.2) is 4.79 Å². The molecule has 0 aliphatic heterocycles. The van der Waals surface area contributed by atoms with Crippen molar-refractivity contribution in [2.45, 2.75) is 26.4 Å². The Morgan fingerprint density at radius 1 is 1.43 bits per heavy atom. The van der Waals surface area contributed by atoms with Gasteiger partial charge in [-0.05, 0) is 24.1 Å². The maximum absolute atomic E-state index is 12.0. The van der Waals surface area contributed by atoms with Gasteiger partial charge >= 0.3 is 5.97 Å². The Bertz CT molecular complexity index is 616. The first-order chi connectivity index (χ1) is 9.97. The number of hydrogen-bond acceptors (Lipinski definition) is 4. The zero-order chi connectivity index (χ0) is 15.4. The molecule has 2 N–H and O–H groups in total. The first-order valence-corrected chi connectivity index (χ1v) is 6.57. The van der Waals surface area contributed by atoms with E-state index < -0.39 is 17.9 Å². The van der Waals surface area contributed by atoms with E-state index >= 15 is 0 Å². The van der Waals surface area contributed by atoms with Gasteiger partial charge in [0, 0.05) is 12.4 Å². The Morgan fingerprint density at radius 3 is 2.76 bits per heavy atom. The first-order valence-electron chi connectivity index (χ1n) is 6.57. The zero-order valence-corrected chi connectivity index (χ0v) is 11.8. The molecule has 7 heteroatoms. The summed E-state index contributed by atoms with van der Waals surface area (Å²) in [6.07, 6.45) is 3.43. The van der Waals surface area contributed by atoms with Crippen LogP contribution in [0, 0.1) is 5.92 Å². The SMILES string of the molecule is CC(C)C(NC(=O)c1ccc(Cn2cccn2)o1)C(=O)O. The molecule has 1 unspecified atom stereocenters. The minimum atomic E-state index is -1.07. The predicted molar refractivity (Wildman–Crippen MR) is 73.8 cm³/mol. The van der Waals surface area contributed by atoms with Gasteiger partial charge in [-0.2, -0.15) is 5.10 Å². The van der Waals surface area contributed by atoms with Crippen molar-refractivity contribution in [2.24, 2.45) is 5.92 Å². The minimum Gasteiger partial charge on any atom is -0.480 e. The zero-order valence-electron chi connectivity index (χ0n) is 11.8. The van der Waals surface area contributed by atoms with Crippen LogP contribution in [0.1, 0.15) is 30.2 Å². The highest BCUT2D eigenvalue weighted by molar-refractivity contribution is 5.94. The Labute approximate surface area is 121 Å². The Kier molecular flexibility index (Phi) is 4.42. The van der Waals surface area contributed by atoms with E-state index in [4.69, 9.17) is 9.52 Å². The van der Waals surface area contributed by atoms with Crippen LogP contribution >= 0.6 is 0 Å². The van der Waals surface area contributed by atoms with Crippen LogP contribution in [0.2, 0.25) is 0 Å². The third kappa shape index (κ3) is 3.71. The Hall–Kier alpha value is -2.57. The molecule has 2 aromatic heterocycles. The lowest BCUT2D eigenvalue weighted by atomic mass is 10.0. The molecule has 0 aliphatic carbocycles. The largest absolute Gasteiger partial charge is 0.480 e. The van der Waals surface area contributed by atoms with Gasteiger partial charge < -0.3 is 14.8 Å². The summed E-state index contributed by atoms with van der Waals surface area (Å²) in [5.41, 5.74) is 0. The fourth-order valence-electron chi connectivity index (χ4n) is 1.86. The molecule has 21 heavy (non-hydrogen) atoms. The number of furan rings is 1. The van der Waals surface area contributed by atoms with Crippen molar-refractivity contribution in [1.29, 1.82) is 0 Å². The molecular weight excluding hydrogens is 274 g/mol. The Morgan fingerprint density at radius 2 is 2.19 bits per heavy atom. The second-order valence-corrected chi connectivity index (χ2v) is 5.00. The van der Waals surface area contributed by atoms with Gasteiger partial charge in [-0.3, -0.25) is 9.48 Å². The summed E-state index contributed by atoms with van der Waals surface area (Å²) < 4.78 is 7.07. The highest BCUT2D eigenvalue weighted by Gasteiger charge is 2.25. The standard InChI is InChI=1S/C14H17N3O4/c1-9(2)12(14(19)20)16-13(18)11-5-4-10(21-11)8-17-7-3-6-15-17/h3-7,9,12H,8H2,1-2H3,(H,16,18)(H,19,20). The highest BCUT2D eigenvalue weighted by Crippen LogP contribution is 2.11. The molecule has 2 aromatic rings. The molecule has 0 aliphatic rings. The van der Waals surface area contributed by atoms with Gasteiger partial charge in [-0.1, -0.05) is 13.8 Å². The minimum absolute atomic E-state index is 0.0871. The number of amides is 1. The number of aromatic nitrogens is 2. The van der Waals surface area contributed by atoms with Gasteiger partial charge in [0.25, 0.3) is 5.91 Å². The third-order valence-corrected chi connectivity index (χ3v) is 2.98. The summed E-state index contributed by atoms with van der Waals surface area (Å²) in [5, 5.41) is 15.5. The van der Waals surface area contributed by atoms with E-state index in [0.717, 1.165) is 0 Å². The van der Waals surface area contributed by atoms with E-state index in [9.17, 15) is 9.59 Å². The molecule has 0 radical (unpaired) electrons. The van der Waals surface area contributed by atoms with E-state index in [0.29, 0.717) is 12.3 Å². The summed E-state index contributed by atoms with van der Waals surface area (Å²) in [4.78, 5) is 23.1. The van der Waals surface area contributed by atoms with Crippen LogP contribution < -0.4 is 5.32 Å². The maximum atomic E-state index is 12.0. The molecule has 2 rings (SSSR count). The summed E-state index contributed by atoms with van der Waals surface area (Å²) in [7, 11) is 0. The van der Waals surface area contributed by atoms with Crippen molar-refractivity contribution in [2.75, 3.05) is 0 Å². The lowest BCUT2D eigenvalue weighted by Gasteiger charge is -2.16. The average Bonchev–Trinajstić information content (AvgIpc) is 3.07. The van der Waals surface area contributed by atoms with E-state index in [1.54, 1.807) is 43.1 Å². The summed E-state index contributed by atoms with van der Waals surface area (Å²) in [5.74, 6) is -1.17. The number of carbonyl (C=O) groups is 2. The predicted octanol–water partition coefficient (Wildman–Crippen LogP) is 1.36. The fraction of sp³-hybridized carbons (Fsp3) is 0.357. The number of carboxylic acid groups (broad SMARTS) is 1. The number of carboxylic acids is 1. The van der Waals surface area contributed by atoms with Crippen molar-refractivity contribution in [3.05, 3.63) is 42.1 Å². The van der Waals surface area contributed by atoms with E-state index in [1.165, 1.54) is 6.07 Å². The monoisotopic (exact) mass is 291 g/mol. The smallest absolute Gasteiger partial charge is 0.326 e. The molecule has 7 nitrogen and oxygen atoms in total. The van der Waals surface area contributed by atoms with Gasteiger partial charge in [0.2, 0.25) is 0 Å². The molecule has 112 valence electrons. The van der Waals surface area contributed by atoms with E-state index in [1.807, 2.05) is 0 Å². The number of rotatable bonds is 6. The average molecular weight is 291 g/mol. The van der Waals surface area contributed by atoms with Crippen LogP contribution in [-0.4, -0.2) is 32.8 Å². The molecule has 1 amide bonds. The maximum Gasteiger partial charge on any atom is 0.326 e. The lowest BCUT2D eigenvalue weighted by molar-refractivity contribution is -0.140. The van der Waals surface area contributed by atoms with Crippen LogP contribution in [0.5, 0.6) is 0 Å². The van der Waals surface area contributed by atoms with Crippen molar-refractivity contribution in [3.8, 4) is 0 Å². The second kappa shape index (κ2) is 6.25. The molecular formula is C14H17N3O4. The number of nitrogens with one attached hydrogen (secondary N) is 1. The van der Waals surface area contributed by atoms with Crippen LogP contribution in [-0.2, 0) is 11.3 Å². The van der Waals surface area contributed by atoms with Gasteiger partial charge in [0.1, 0.15) is 11.8 Å². The van der Waals surface area contributed by atoms with Crippen molar-refractivity contribution < 1.29 is 19.1 Å².